The van der Waals surface area contributed by atoms with Crippen molar-refractivity contribution in [2.45, 2.75) is 13.0 Å². The highest BCUT2D eigenvalue weighted by molar-refractivity contribution is 7.98. The second kappa shape index (κ2) is 11.4. The number of hydrogen-bond acceptors (Lipinski definition) is 4. The van der Waals surface area contributed by atoms with Crippen molar-refractivity contribution in [3.05, 3.63) is 65.7 Å². The zero-order valence-electron chi connectivity index (χ0n) is 14.7. The molecule has 26 heavy (non-hydrogen) atoms. The number of para-hydroxylation sites is 1. The third-order valence-electron chi connectivity index (χ3n) is 3.47. The monoisotopic (exact) mass is 389 g/mol. The van der Waals surface area contributed by atoms with Gasteiger partial charge in [0.15, 0.2) is 5.11 Å². The summed E-state index contributed by atoms with van der Waals surface area (Å²) in [5.74, 6) is 1.65. The Morgan fingerprint density at radius 2 is 1.81 bits per heavy atom. The summed E-state index contributed by atoms with van der Waals surface area (Å²) >= 11 is 6.90. The van der Waals surface area contributed by atoms with Gasteiger partial charge < -0.3 is 10.1 Å². The summed E-state index contributed by atoms with van der Waals surface area (Å²) in [5, 5.41) is 3.45. The van der Waals surface area contributed by atoms with Gasteiger partial charge in [-0.15, -0.1) is 0 Å². The van der Waals surface area contributed by atoms with E-state index in [9.17, 15) is 4.79 Å². The maximum atomic E-state index is 12.1. The first-order chi connectivity index (χ1) is 12.7. The van der Waals surface area contributed by atoms with Gasteiger partial charge >= 0.3 is 0 Å². The molecular weight excluding hydrogens is 366 g/mol. The lowest BCUT2D eigenvalue weighted by molar-refractivity contribution is 0.0943. The number of thioether (sulfide) groups is 1. The van der Waals surface area contributed by atoms with Gasteiger partial charge in [-0.3, -0.25) is 15.6 Å². The lowest BCUT2D eigenvalue weighted by atomic mass is 10.1. The van der Waals surface area contributed by atoms with Crippen LogP contribution in [0.3, 0.4) is 0 Å². The molecule has 0 fully saturated rings. The van der Waals surface area contributed by atoms with Gasteiger partial charge in [-0.25, -0.2) is 0 Å². The van der Waals surface area contributed by atoms with E-state index in [0.717, 1.165) is 30.0 Å². The summed E-state index contributed by atoms with van der Waals surface area (Å²) in [6.07, 6.45) is 3.08. The minimum Gasteiger partial charge on any atom is -0.489 e. The van der Waals surface area contributed by atoms with E-state index in [1.807, 2.05) is 42.5 Å². The summed E-state index contributed by atoms with van der Waals surface area (Å²) in [6, 6.07) is 16.9. The van der Waals surface area contributed by atoms with Crippen molar-refractivity contribution < 1.29 is 9.53 Å². The van der Waals surface area contributed by atoms with Crippen molar-refractivity contribution in [3.63, 3.8) is 0 Å². The first-order valence-corrected chi connectivity index (χ1v) is 10.1. The van der Waals surface area contributed by atoms with Gasteiger partial charge in [0.2, 0.25) is 0 Å². The number of hydrogen-bond donors (Lipinski definition) is 3. The number of hydrazine groups is 1. The Hall–Kier alpha value is -2.25. The van der Waals surface area contributed by atoms with Crippen LogP contribution in [0.4, 0.5) is 0 Å². The fourth-order valence-corrected chi connectivity index (χ4v) is 2.67. The Balaban J connectivity index is 1.73. The summed E-state index contributed by atoms with van der Waals surface area (Å²) in [7, 11) is 0. The molecule has 2 rings (SSSR count). The van der Waals surface area contributed by atoms with Crippen molar-refractivity contribution in [2.24, 2.45) is 0 Å². The van der Waals surface area contributed by atoms with E-state index < -0.39 is 0 Å². The first kappa shape index (κ1) is 20.1. The van der Waals surface area contributed by atoms with Crippen molar-refractivity contribution in [2.75, 3.05) is 18.6 Å². The number of thiocarbonyl (C=S) groups is 1. The predicted octanol–water partition coefficient (Wildman–Crippen LogP) is 3.13. The standard InChI is InChI=1S/C19H23N3O2S2/c1-26-13-5-12-20-19(25)22-21-18(23)16-10-8-15(9-11-16)14-24-17-6-3-2-4-7-17/h2-4,6-11H,5,12-14H2,1H3,(H,21,23)(H2,20,22,25). The SMILES string of the molecule is CSCCCNC(=S)NNC(=O)c1ccc(COc2ccccc2)cc1. The molecule has 0 saturated carbocycles. The zero-order valence-corrected chi connectivity index (χ0v) is 16.3. The molecule has 1 amide bonds. The molecule has 0 spiro atoms. The van der Waals surface area contributed by atoms with Gasteiger partial charge in [0.25, 0.3) is 5.91 Å². The molecule has 5 nitrogen and oxygen atoms in total. The normalized spacial score (nSPS) is 10.0. The lowest BCUT2D eigenvalue weighted by Gasteiger charge is -2.11. The summed E-state index contributed by atoms with van der Waals surface area (Å²) in [4.78, 5) is 12.1. The van der Waals surface area contributed by atoms with Gasteiger partial charge in [-0.05, 0) is 60.5 Å². The third kappa shape index (κ3) is 7.33. The van der Waals surface area contributed by atoms with Gasteiger partial charge in [0.05, 0.1) is 0 Å². The number of rotatable bonds is 8. The smallest absolute Gasteiger partial charge is 0.269 e. The molecule has 2 aromatic rings. The average molecular weight is 390 g/mol. The van der Waals surface area contributed by atoms with Crippen LogP contribution in [0.2, 0.25) is 0 Å². The highest BCUT2D eigenvalue weighted by Gasteiger charge is 2.06. The summed E-state index contributed by atoms with van der Waals surface area (Å²) in [5.41, 5.74) is 6.83. The van der Waals surface area contributed by atoms with Crippen molar-refractivity contribution >= 4 is 35.0 Å². The number of benzene rings is 2. The molecule has 0 bridgehead atoms. The fraction of sp³-hybridized carbons (Fsp3) is 0.263. The molecule has 0 aliphatic heterocycles. The molecule has 0 saturated heterocycles. The minimum absolute atomic E-state index is 0.242. The number of nitrogens with one attached hydrogen (secondary N) is 3. The predicted molar refractivity (Wildman–Crippen MR) is 111 cm³/mol. The second-order valence-corrected chi connectivity index (χ2v) is 6.87. The van der Waals surface area contributed by atoms with E-state index in [0.29, 0.717) is 17.3 Å². The van der Waals surface area contributed by atoms with E-state index in [2.05, 4.69) is 22.4 Å². The Kier molecular flexibility index (Phi) is 8.78. The van der Waals surface area contributed by atoms with Crippen molar-refractivity contribution in [1.29, 1.82) is 0 Å². The Bertz CT molecular complexity index is 694. The second-order valence-electron chi connectivity index (χ2n) is 5.48. The minimum atomic E-state index is -0.242. The number of carbonyl (C=O) groups is 1. The third-order valence-corrected chi connectivity index (χ3v) is 4.41. The van der Waals surface area contributed by atoms with Crippen LogP contribution >= 0.6 is 24.0 Å². The molecule has 3 N–H and O–H groups in total. The van der Waals surface area contributed by atoms with Crippen LogP contribution in [0.5, 0.6) is 5.75 Å². The van der Waals surface area contributed by atoms with E-state index in [1.165, 1.54) is 0 Å². The van der Waals surface area contributed by atoms with Crippen LogP contribution in [0, 0.1) is 0 Å². The van der Waals surface area contributed by atoms with Gasteiger partial charge in [0, 0.05) is 12.1 Å². The van der Waals surface area contributed by atoms with E-state index in [1.54, 1.807) is 23.9 Å². The fourth-order valence-electron chi connectivity index (χ4n) is 2.08. The quantitative estimate of drug-likeness (QED) is 0.366. The van der Waals surface area contributed by atoms with Crippen LogP contribution < -0.4 is 20.9 Å². The number of carbonyl (C=O) groups excluding carboxylic acids is 1. The molecule has 0 aliphatic rings. The molecule has 0 atom stereocenters. The van der Waals surface area contributed by atoms with Crippen LogP contribution in [0.15, 0.2) is 54.6 Å². The molecule has 138 valence electrons. The van der Waals surface area contributed by atoms with Crippen molar-refractivity contribution in [1.82, 2.24) is 16.2 Å². The highest BCUT2D eigenvalue weighted by atomic mass is 32.2. The Morgan fingerprint density at radius 3 is 2.50 bits per heavy atom. The van der Waals surface area contributed by atoms with Gasteiger partial charge in [-0.2, -0.15) is 11.8 Å². The maximum absolute atomic E-state index is 12.1. The van der Waals surface area contributed by atoms with Gasteiger partial charge in [0.1, 0.15) is 12.4 Å². The van der Waals surface area contributed by atoms with Gasteiger partial charge in [-0.1, -0.05) is 30.3 Å². The summed E-state index contributed by atoms with van der Waals surface area (Å²) in [6.45, 7) is 1.23. The summed E-state index contributed by atoms with van der Waals surface area (Å²) < 4.78 is 5.69. The van der Waals surface area contributed by atoms with Crippen LogP contribution in [0.1, 0.15) is 22.3 Å². The van der Waals surface area contributed by atoms with E-state index in [-0.39, 0.29) is 5.91 Å². The molecular formula is C19H23N3O2S2. The van der Waals surface area contributed by atoms with Crippen LogP contribution in [-0.2, 0) is 6.61 Å². The lowest BCUT2D eigenvalue weighted by Crippen LogP contribution is -2.47. The Morgan fingerprint density at radius 1 is 1.08 bits per heavy atom. The molecule has 0 unspecified atom stereocenters. The van der Waals surface area contributed by atoms with E-state index >= 15 is 0 Å². The number of ether oxygens (including phenoxy) is 1. The highest BCUT2D eigenvalue weighted by Crippen LogP contribution is 2.12. The largest absolute Gasteiger partial charge is 0.489 e. The molecule has 0 aromatic heterocycles. The van der Waals surface area contributed by atoms with E-state index in [4.69, 9.17) is 17.0 Å². The maximum Gasteiger partial charge on any atom is 0.269 e. The molecule has 0 aliphatic carbocycles. The molecule has 2 aromatic carbocycles. The molecule has 7 heteroatoms. The van der Waals surface area contributed by atoms with Crippen molar-refractivity contribution in [3.8, 4) is 5.75 Å². The average Bonchev–Trinajstić information content (AvgIpc) is 2.69. The molecule has 0 heterocycles. The zero-order chi connectivity index (χ0) is 18.6. The van der Waals surface area contributed by atoms with Crippen LogP contribution in [0.25, 0.3) is 0 Å². The first-order valence-electron chi connectivity index (χ1n) is 8.29. The Labute approximate surface area is 163 Å². The van der Waals surface area contributed by atoms with Crippen LogP contribution in [-0.4, -0.2) is 29.6 Å². The topological polar surface area (TPSA) is 62.4 Å². The number of amides is 1. The molecule has 0 radical (unpaired) electrons.